The summed E-state index contributed by atoms with van der Waals surface area (Å²) in [6, 6.07) is 0. The van der Waals surface area contributed by atoms with Crippen LogP contribution in [0.15, 0.2) is 11.1 Å². The Morgan fingerprint density at radius 3 is 2.22 bits per heavy atom. The van der Waals surface area contributed by atoms with E-state index in [1.165, 1.54) is 24.8 Å². The Kier molecular flexibility index (Phi) is 9.41. The van der Waals surface area contributed by atoms with Gasteiger partial charge in [-0.25, -0.2) is 0 Å². The average Bonchev–Trinajstić information content (AvgIpc) is 3.29. The SMILES string of the molecule is CC(C)C1=C2[C@H]3CCC4[C@@]5(C)CC[C@H](OC(=O)CC(C)(C)C(=O)O)C(C)(C)C5CC[C@@]4(C)[C@]3(C)CCC2([C@H](O)CNCC2CCC2)CC1=O. The third kappa shape index (κ3) is 5.60. The maximum atomic E-state index is 13.9. The summed E-state index contributed by atoms with van der Waals surface area (Å²) in [4.78, 5) is 38.7. The number of Topliss-reactive ketones (excluding diaryl/α,β-unsaturated/α-hetero) is 1. The zero-order valence-electron chi connectivity index (χ0n) is 32.2. The Labute approximate surface area is 296 Å². The first-order valence-corrected chi connectivity index (χ1v) is 19.8. The van der Waals surface area contributed by atoms with Gasteiger partial charge in [-0.15, -0.1) is 0 Å². The summed E-state index contributed by atoms with van der Waals surface area (Å²) in [5.41, 5.74) is 0.760. The number of carbonyl (C=O) groups is 3. The summed E-state index contributed by atoms with van der Waals surface area (Å²) in [5, 5.41) is 25.3. The van der Waals surface area contributed by atoms with Gasteiger partial charge < -0.3 is 20.3 Å². The highest BCUT2D eigenvalue weighted by atomic mass is 16.5. The standard InChI is InChI=1S/C42H67NO6/c1-25(2)34-28(44)21-42(31(45)24-43-23-26-11-10-12-26)20-19-40(8)27(35(34)42)13-14-30-39(7)17-16-32(49-33(46)22-37(3,4)36(47)48)38(5,6)29(39)15-18-41(30,40)9/h25-27,29-32,43,45H,10-24H2,1-9H3,(H,47,48)/t27-,29?,30?,31-,32+,39+,40-,41-,42?/m1/s1. The van der Waals surface area contributed by atoms with Gasteiger partial charge in [0.25, 0.3) is 0 Å². The third-order valence-corrected chi connectivity index (χ3v) is 16.5. The van der Waals surface area contributed by atoms with Crippen LogP contribution in [0.2, 0.25) is 0 Å². The van der Waals surface area contributed by atoms with Gasteiger partial charge in [-0.1, -0.05) is 60.5 Å². The van der Waals surface area contributed by atoms with Crippen molar-refractivity contribution >= 4 is 17.7 Å². The number of ether oxygens (including phenoxy) is 1. The zero-order valence-corrected chi connectivity index (χ0v) is 32.2. The summed E-state index contributed by atoms with van der Waals surface area (Å²) < 4.78 is 6.16. The Hall–Kier alpha value is -1.73. The van der Waals surface area contributed by atoms with Crippen molar-refractivity contribution in [1.82, 2.24) is 5.32 Å². The summed E-state index contributed by atoms with van der Waals surface area (Å²) in [5.74, 6) is 0.977. The second-order valence-electron chi connectivity index (χ2n) is 20.0. The Morgan fingerprint density at radius 2 is 1.61 bits per heavy atom. The molecule has 0 aliphatic heterocycles. The minimum absolute atomic E-state index is 0.0302. The van der Waals surface area contributed by atoms with E-state index in [9.17, 15) is 24.6 Å². The number of aliphatic hydroxyl groups excluding tert-OH is 1. The number of ketones is 1. The monoisotopic (exact) mass is 681 g/mol. The van der Waals surface area contributed by atoms with Gasteiger partial charge in [0.1, 0.15) is 6.10 Å². The number of esters is 1. The number of aliphatic carboxylic acids is 1. The van der Waals surface area contributed by atoms with E-state index in [1.807, 2.05) is 0 Å². The maximum absolute atomic E-state index is 13.9. The third-order valence-electron chi connectivity index (χ3n) is 16.5. The molecule has 0 aromatic heterocycles. The molecule has 0 radical (unpaired) electrons. The highest BCUT2D eigenvalue weighted by Crippen LogP contribution is 2.77. The van der Waals surface area contributed by atoms with Crippen molar-refractivity contribution in [2.24, 2.45) is 62.1 Å². The molecule has 3 unspecified atom stereocenters. The van der Waals surface area contributed by atoms with Gasteiger partial charge in [-0.3, -0.25) is 14.4 Å². The van der Waals surface area contributed by atoms with E-state index in [1.54, 1.807) is 13.8 Å². The smallest absolute Gasteiger partial charge is 0.309 e. The summed E-state index contributed by atoms with van der Waals surface area (Å²) >= 11 is 0. The zero-order chi connectivity index (χ0) is 35.9. The van der Waals surface area contributed by atoms with Crippen LogP contribution in [0.5, 0.6) is 0 Å². The molecule has 7 nitrogen and oxygen atoms in total. The highest BCUT2D eigenvalue weighted by molar-refractivity contribution is 6.00. The van der Waals surface area contributed by atoms with Gasteiger partial charge in [-0.05, 0) is 136 Å². The minimum Gasteiger partial charge on any atom is -0.481 e. The number of nitrogens with one attached hydrogen (secondary N) is 1. The second kappa shape index (κ2) is 12.5. The topological polar surface area (TPSA) is 113 Å². The number of hydrogen-bond acceptors (Lipinski definition) is 6. The van der Waals surface area contributed by atoms with Gasteiger partial charge in [0.2, 0.25) is 0 Å². The van der Waals surface area contributed by atoms with E-state index in [0.717, 1.165) is 69.4 Å². The van der Waals surface area contributed by atoms with Crippen molar-refractivity contribution in [2.75, 3.05) is 13.1 Å². The molecule has 0 saturated heterocycles. The molecule has 7 heteroatoms. The lowest BCUT2D eigenvalue weighted by atomic mass is 9.33. The molecule has 0 amide bonds. The van der Waals surface area contributed by atoms with Crippen LogP contribution in [0, 0.1) is 62.1 Å². The molecule has 0 bridgehead atoms. The van der Waals surface area contributed by atoms with Crippen molar-refractivity contribution in [3.8, 4) is 0 Å². The molecule has 49 heavy (non-hydrogen) atoms. The lowest BCUT2D eigenvalue weighted by Gasteiger charge is -2.72. The molecule has 0 aromatic carbocycles. The van der Waals surface area contributed by atoms with E-state index in [4.69, 9.17) is 4.74 Å². The predicted molar refractivity (Wildman–Crippen MR) is 192 cm³/mol. The number of carbonyl (C=O) groups excluding carboxylic acids is 2. The summed E-state index contributed by atoms with van der Waals surface area (Å²) in [7, 11) is 0. The molecule has 3 N–H and O–H groups in total. The van der Waals surface area contributed by atoms with Gasteiger partial charge in [0.15, 0.2) is 5.78 Å². The van der Waals surface area contributed by atoms with Crippen LogP contribution in [0.25, 0.3) is 0 Å². The lowest BCUT2D eigenvalue weighted by molar-refractivity contribution is -0.235. The highest BCUT2D eigenvalue weighted by Gasteiger charge is 2.70. The van der Waals surface area contributed by atoms with Crippen molar-refractivity contribution in [3.05, 3.63) is 11.1 Å². The van der Waals surface area contributed by atoms with Crippen LogP contribution in [0.1, 0.15) is 146 Å². The Bertz CT molecular complexity index is 1380. The molecule has 0 aromatic rings. The molecule has 6 aliphatic carbocycles. The fourth-order valence-electron chi connectivity index (χ4n) is 13.2. The van der Waals surface area contributed by atoms with E-state index >= 15 is 0 Å². The van der Waals surface area contributed by atoms with E-state index in [0.29, 0.717) is 30.7 Å². The van der Waals surface area contributed by atoms with Crippen LogP contribution in [-0.4, -0.2) is 53.2 Å². The van der Waals surface area contributed by atoms with Crippen molar-refractivity contribution < 1.29 is 29.3 Å². The molecule has 0 heterocycles. The van der Waals surface area contributed by atoms with Crippen LogP contribution >= 0.6 is 0 Å². The van der Waals surface area contributed by atoms with Gasteiger partial charge in [-0.2, -0.15) is 0 Å². The number of hydrogen-bond donors (Lipinski definition) is 3. The predicted octanol–water partition coefficient (Wildman–Crippen LogP) is 8.13. The van der Waals surface area contributed by atoms with Gasteiger partial charge >= 0.3 is 11.9 Å². The first-order chi connectivity index (χ1) is 22.7. The van der Waals surface area contributed by atoms with Crippen LogP contribution < -0.4 is 5.32 Å². The number of carboxylic acid groups (broad SMARTS) is 1. The second-order valence-corrected chi connectivity index (χ2v) is 20.0. The largest absolute Gasteiger partial charge is 0.481 e. The molecule has 6 rings (SSSR count). The van der Waals surface area contributed by atoms with Gasteiger partial charge in [0.05, 0.1) is 17.9 Å². The molecular formula is C42H67NO6. The number of fused-ring (bicyclic) bond motifs is 7. The lowest BCUT2D eigenvalue weighted by Crippen LogP contribution is -2.66. The van der Waals surface area contributed by atoms with Crippen LogP contribution in [0.4, 0.5) is 0 Å². The quantitative estimate of drug-likeness (QED) is 0.200. The molecule has 5 saturated carbocycles. The first kappa shape index (κ1) is 37.0. The van der Waals surface area contributed by atoms with Crippen LogP contribution in [-0.2, 0) is 19.1 Å². The van der Waals surface area contributed by atoms with Crippen molar-refractivity contribution in [2.45, 2.75) is 158 Å². The fourth-order valence-corrected chi connectivity index (χ4v) is 13.2. The number of rotatable bonds is 10. The minimum atomic E-state index is -1.15. The Balaban J connectivity index is 1.26. The summed E-state index contributed by atoms with van der Waals surface area (Å²) in [6.45, 7) is 21.3. The average molecular weight is 682 g/mol. The van der Waals surface area contributed by atoms with E-state index in [-0.39, 0.29) is 45.9 Å². The molecule has 6 aliphatic rings. The van der Waals surface area contributed by atoms with Crippen LogP contribution in [0.3, 0.4) is 0 Å². The molecule has 9 atom stereocenters. The molecule has 276 valence electrons. The Morgan fingerprint density at radius 1 is 0.918 bits per heavy atom. The van der Waals surface area contributed by atoms with E-state index < -0.39 is 28.9 Å². The first-order valence-electron chi connectivity index (χ1n) is 19.8. The summed E-state index contributed by atoms with van der Waals surface area (Å²) in [6.07, 6.45) is 11.5. The number of allylic oxidation sites excluding steroid dienone is 1. The molecule has 5 fully saturated rings. The number of carboxylic acids is 1. The van der Waals surface area contributed by atoms with Crippen molar-refractivity contribution in [3.63, 3.8) is 0 Å². The van der Waals surface area contributed by atoms with E-state index in [2.05, 4.69) is 53.8 Å². The fraction of sp³-hybridized carbons (Fsp3) is 0.881. The van der Waals surface area contributed by atoms with Crippen molar-refractivity contribution in [1.29, 1.82) is 0 Å². The molecule has 0 spiro atoms. The maximum Gasteiger partial charge on any atom is 0.309 e. The van der Waals surface area contributed by atoms with Gasteiger partial charge in [0, 0.05) is 23.8 Å². The number of aliphatic hydroxyl groups is 1. The molecular weight excluding hydrogens is 614 g/mol. The normalized spacial score (nSPS) is 40.9.